The van der Waals surface area contributed by atoms with Crippen molar-refractivity contribution in [3.63, 3.8) is 0 Å². The van der Waals surface area contributed by atoms with Gasteiger partial charge in [-0.05, 0) is 43.9 Å². The summed E-state index contributed by atoms with van der Waals surface area (Å²) >= 11 is 0. The van der Waals surface area contributed by atoms with E-state index in [4.69, 9.17) is 0 Å². The van der Waals surface area contributed by atoms with Crippen molar-refractivity contribution in [2.75, 3.05) is 12.8 Å². The van der Waals surface area contributed by atoms with Gasteiger partial charge in [-0.25, -0.2) is 8.42 Å². The van der Waals surface area contributed by atoms with Crippen LogP contribution in [0.1, 0.15) is 42.1 Å². The first-order valence-electron chi connectivity index (χ1n) is 6.94. The second-order valence-electron chi connectivity index (χ2n) is 5.61. The van der Waals surface area contributed by atoms with Gasteiger partial charge >= 0.3 is 0 Å². The summed E-state index contributed by atoms with van der Waals surface area (Å²) < 4.78 is 22.7. The number of amides is 1. The van der Waals surface area contributed by atoms with Gasteiger partial charge in [0.25, 0.3) is 5.91 Å². The molecule has 1 atom stereocenters. The molecule has 1 aromatic rings. The number of hydrogen-bond donors (Lipinski definition) is 0. The van der Waals surface area contributed by atoms with Crippen molar-refractivity contribution in [3.05, 3.63) is 35.4 Å². The maximum absolute atomic E-state index is 12.5. The summed E-state index contributed by atoms with van der Waals surface area (Å²) in [5, 5.41) is 0. The summed E-state index contributed by atoms with van der Waals surface area (Å²) in [6.07, 6.45) is 4.45. The Morgan fingerprint density at radius 1 is 1.35 bits per heavy atom. The van der Waals surface area contributed by atoms with Gasteiger partial charge < -0.3 is 4.90 Å². The summed E-state index contributed by atoms with van der Waals surface area (Å²) in [5.74, 6) is -0.0171. The van der Waals surface area contributed by atoms with E-state index in [0.717, 1.165) is 19.4 Å². The first-order chi connectivity index (χ1) is 9.37. The summed E-state index contributed by atoms with van der Waals surface area (Å²) in [4.78, 5) is 14.4. The van der Waals surface area contributed by atoms with Crippen molar-refractivity contribution < 1.29 is 13.2 Å². The Morgan fingerprint density at radius 2 is 2.10 bits per heavy atom. The first-order valence-corrected chi connectivity index (χ1v) is 9.00. The molecule has 1 saturated heterocycles. The fraction of sp³-hybridized carbons (Fsp3) is 0.533. The van der Waals surface area contributed by atoms with Crippen LogP contribution in [0.25, 0.3) is 0 Å². The average Bonchev–Trinajstić information content (AvgIpc) is 2.37. The molecular formula is C15H21NO3S. The van der Waals surface area contributed by atoms with Gasteiger partial charge in [-0.3, -0.25) is 4.79 Å². The van der Waals surface area contributed by atoms with E-state index in [2.05, 4.69) is 6.92 Å². The molecule has 1 aliphatic heterocycles. The highest BCUT2D eigenvalue weighted by atomic mass is 32.2. The summed E-state index contributed by atoms with van der Waals surface area (Å²) in [6.45, 7) is 2.85. The SMILES string of the molecule is CC1CCCCN1C(=O)c1cccc(CS(C)(=O)=O)c1. The molecular weight excluding hydrogens is 274 g/mol. The Bertz CT molecular complexity index is 595. The highest BCUT2D eigenvalue weighted by Gasteiger charge is 2.24. The van der Waals surface area contributed by atoms with E-state index in [1.807, 2.05) is 4.90 Å². The minimum Gasteiger partial charge on any atom is -0.336 e. The minimum atomic E-state index is -3.08. The van der Waals surface area contributed by atoms with Crippen molar-refractivity contribution in [2.24, 2.45) is 0 Å². The van der Waals surface area contributed by atoms with Crippen LogP contribution in [-0.4, -0.2) is 38.1 Å². The zero-order chi connectivity index (χ0) is 14.8. The predicted octanol–water partition coefficient (Wildman–Crippen LogP) is 2.25. The molecule has 1 heterocycles. The first kappa shape index (κ1) is 15.0. The average molecular weight is 295 g/mol. The molecule has 0 radical (unpaired) electrons. The molecule has 110 valence electrons. The number of sulfone groups is 1. The molecule has 1 unspecified atom stereocenters. The van der Waals surface area contributed by atoms with Gasteiger partial charge in [0.2, 0.25) is 0 Å². The third-order valence-corrected chi connectivity index (χ3v) is 4.52. The van der Waals surface area contributed by atoms with Crippen molar-refractivity contribution in [3.8, 4) is 0 Å². The lowest BCUT2D eigenvalue weighted by Crippen LogP contribution is -2.42. The second kappa shape index (κ2) is 5.95. The highest BCUT2D eigenvalue weighted by molar-refractivity contribution is 7.89. The van der Waals surface area contributed by atoms with Crippen LogP contribution < -0.4 is 0 Å². The lowest BCUT2D eigenvalue weighted by Gasteiger charge is -2.33. The number of carbonyl (C=O) groups excluding carboxylic acids is 1. The predicted molar refractivity (Wildman–Crippen MR) is 79.3 cm³/mol. The summed E-state index contributed by atoms with van der Waals surface area (Å²) in [5.41, 5.74) is 1.25. The van der Waals surface area contributed by atoms with Gasteiger partial charge in [-0.1, -0.05) is 12.1 Å². The number of hydrogen-bond acceptors (Lipinski definition) is 3. The Morgan fingerprint density at radius 3 is 2.75 bits per heavy atom. The van der Waals surface area contributed by atoms with E-state index in [-0.39, 0.29) is 17.7 Å². The quantitative estimate of drug-likeness (QED) is 0.859. The van der Waals surface area contributed by atoms with Gasteiger partial charge in [-0.2, -0.15) is 0 Å². The van der Waals surface area contributed by atoms with Crippen LogP contribution in [0.3, 0.4) is 0 Å². The Kier molecular flexibility index (Phi) is 4.48. The lowest BCUT2D eigenvalue weighted by atomic mass is 10.0. The van der Waals surface area contributed by atoms with Crippen LogP contribution >= 0.6 is 0 Å². The van der Waals surface area contributed by atoms with Crippen LogP contribution in [0.5, 0.6) is 0 Å². The topological polar surface area (TPSA) is 54.5 Å². The molecule has 1 aliphatic rings. The summed E-state index contributed by atoms with van der Waals surface area (Å²) in [7, 11) is -3.08. The molecule has 0 aliphatic carbocycles. The molecule has 0 saturated carbocycles. The normalized spacial score (nSPS) is 19.9. The monoisotopic (exact) mass is 295 g/mol. The number of piperidine rings is 1. The number of likely N-dealkylation sites (tertiary alicyclic amines) is 1. The summed E-state index contributed by atoms with van der Waals surface area (Å²) in [6, 6.07) is 7.22. The fourth-order valence-electron chi connectivity index (χ4n) is 2.66. The van der Waals surface area contributed by atoms with Gasteiger partial charge in [0.05, 0.1) is 5.75 Å². The van der Waals surface area contributed by atoms with Gasteiger partial charge in [-0.15, -0.1) is 0 Å². The van der Waals surface area contributed by atoms with Crippen LogP contribution in [0.4, 0.5) is 0 Å². The van der Waals surface area contributed by atoms with Crippen molar-refractivity contribution in [1.82, 2.24) is 4.90 Å². The smallest absolute Gasteiger partial charge is 0.254 e. The molecule has 0 bridgehead atoms. The van der Waals surface area contributed by atoms with Crippen LogP contribution in [0.2, 0.25) is 0 Å². The standard InChI is InChI=1S/C15H21NO3S/c1-12-6-3-4-9-16(12)15(17)14-8-5-7-13(10-14)11-20(2,18)19/h5,7-8,10,12H,3-4,6,9,11H2,1-2H3. The second-order valence-corrected chi connectivity index (χ2v) is 7.75. The molecule has 1 fully saturated rings. The number of rotatable bonds is 3. The molecule has 0 N–H and O–H groups in total. The van der Waals surface area contributed by atoms with Crippen LogP contribution in [-0.2, 0) is 15.6 Å². The zero-order valence-electron chi connectivity index (χ0n) is 12.0. The molecule has 1 amide bonds. The highest BCUT2D eigenvalue weighted by Crippen LogP contribution is 2.20. The minimum absolute atomic E-state index is 0.00699. The van der Waals surface area contributed by atoms with E-state index in [1.165, 1.54) is 12.7 Å². The lowest BCUT2D eigenvalue weighted by molar-refractivity contribution is 0.0635. The molecule has 2 rings (SSSR count). The van der Waals surface area contributed by atoms with Crippen molar-refractivity contribution >= 4 is 15.7 Å². The number of carbonyl (C=O) groups is 1. The van der Waals surface area contributed by atoms with E-state index < -0.39 is 9.84 Å². The number of nitrogens with zero attached hydrogens (tertiary/aromatic N) is 1. The number of benzene rings is 1. The van der Waals surface area contributed by atoms with E-state index >= 15 is 0 Å². The van der Waals surface area contributed by atoms with Gasteiger partial charge in [0.15, 0.2) is 9.84 Å². The maximum Gasteiger partial charge on any atom is 0.254 e. The zero-order valence-corrected chi connectivity index (χ0v) is 12.8. The van der Waals surface area contributed by atoms with Crippen molar-refractivity contribution in [2.45, 2.75) is 38.0 Å². The van der Waals surface area contributed by atoms with E-state index in [0.29, 0.717) is 11.1 Å². The largest absolute Gasteiger partial charge is 0.336 e. The Hall–Kier alpha value is -1.36. The van der Waals surface area contributed by atoms with E-state index in [9.17, 15) is 13.2 Å². The van der Waals surface area contributed by atoms with Gasteiger partial charge in [0.1, 0.15) is 0 Å². The molecule has 20 heavy (non-hydrogen) atoms. The van der Waals surface area contributed by atoms with Crippen LogP contribution in [0.15, 0.2) is 24.3 Å². The molecule has 0 spiro atoms. The molecule has 4 nitrogen and oxygen atoms in total. The molecule has 5 heteroatoms. The Labute approximate surface area is 120 Å². The molecule has 1 aromatic carbocycles. The molecule has 0 aromatic heterocycles. The fourth-order valence-corrected chi connectivity index (χ4v) is 3.45. The maximum atomic E-state index is 12.5. The van der Waals surface area contributed by atoms with Gasteiger partial charge in [0, 0.05) is 24.4 Å². The van der Waals surface area contributed by atoms with Crippen molar-refractivity contribution in [1.29, 1.82) is 0 Å². The van der Waals surface area contributed by atoms with Crippen LogP contribution in [0, 0.1) is 0 Å². The third-order valence-electron chi connectivity index (χ3n) is 3.67. The van der Waals surface area contributed by atoms with E-state index in [1.54, 1.807) is 24.3 Å². The Balaban J connectivity index is 2.20. The third kappa shape index (κ3) is 3.82.